The van der Waals surface area contributed by atoms with Crippen LogP contribution in [-0.4, -0.2) is 30.1 Å². The van der Waals surface area contributed by atoms with E-state index in [1.807, 2.05) is 0 Å². The molecule has 0 spiro atoms. The molecule has 0 N–H and O–H groups in total. The molecule has 0 unspecified atom stereocenters. The summed E-state index contributed by atoms with van der Waals surface area (Å²) in [5, 5.41) is 0. The van der Waals surface area contributed by atoms with Crippen LogP contribution in [0.2, 0.25) is 6.04 Å². The Kier molecular flexibility index (Phi) is 8.76. The lowest BCUT2D eigenvalue weighted by Crippen LogP contribution is -2.42. The Labute approximate surface area is 130 Å². The molecule has 5 heteroatoms. The average Bonchev–Trinajstić information content (AvgIpc) is 2.54. The van der Waals surface area contributed by atoms with Gasteiger partial charge in [0.1, 0.15) is 6.54 Å². The largest absolute Gasteiger partial charge is 0.500 e. The number of rotatable bonds is 11. The van der Waals surface area contributed by atoms with Crippen LogP contribution < -0.4 is 4.57 Å². The third-order valence-corrected chi connectivity index (χ3v) is 6.65. The monoisotopic (exact) mass is 312 g/mol. The molecule has 1 heterocycles. The van der Waals surface area contributed by atoms with Crippen molar-refractivity contribution in [2.45, 2.75) is 51.6 Å². The van der Waals surface area contributed by atoms with E-state index in [1.54, 1.807) is 21.3 Å². The van der Waals surface area contributed by atoms with Crippen molar-refractivity contribution in [2.75, 3.05) is 21.3 Å². The van der Waals surface area contributed by atoms with Crippen molar-refractivity contribution in [1.29, 1.82) is 0 Å². The first-order valence-corrected chi connectivity index (χ1v) is 9.76. The van der Waals surface area contributed by atoms with E-state index in [9.17, 15) is 0 Å². The fourth-order valence-electron chi connectivity index (χ4n) is 2.44. The SMILES string of the molecule is CCCCc1ccc[n+](CCCC[Si](OC)(OC)OC)c1. The maximum absolute atomic E-state index is 5.44. The summed E-state index contributed by atoms with van der Waals surface area (Å²) in [4.78, 5) is 0. The fraction of sp³-hybridized carbons (Fsp3) is 0.688. The lowest BCUT2D eigenvalue weighted by Gasteiger charge is -2.23. The minimum Gasteiger partial charge on any atom is -0.377 e. The number of unbranched alkanes of at least 4 members (excludes halogenated alkanes) is 2. The van der Waals surface area contributed by atoms with E-state index in [1.165, 1.54) is 24.8 Å². The summed E-state index contributed by atoms with van der Waals surface area (Å²) < 4.78 is 18.6. The van der Waals surface area contributed by atoms with Gasteiger partial charge in [-0.25, -0.2) is 4.57 Å². The second kappa shape index (κ2) is 10.1. The van der Waals surface area contributed by atoms with Crippen LogP contribution in [0.5, 0.6) is 0 Å². The molecule has 1 aromatic heterocycles. The van der Waals surface area contributed by atoms with Gasteiger partial charge in [-0.15, -0.1) is 0 Å². The molecule has 120 valence electrons. The third kappa shape index (κ3) is 6.26. The Hall–Kier alpha value is -0.753. The Morgan fingerprint density at radius 2 is 1.76 bits per heavy atom. The van der Waals surface area contributed by atoms with Gasteiger partial charge in [-0.3, -0.25) is 0 Å². The minimum atomic E-state index is -2.39. The molecule has 4 nitrogen and oxygen atoms in total. The predicted octanol–water partition coefficient (Wildman–Crippen LogP) is 2.98. The van der Waals surface area contributed by atoms with E-state index in [2.05, 4.69) is 36.0 Å². The van der Waals surface area contributed by atoms with Crippen LogP contribution in [0.15, 0.2) is 24.5 Å². The molecule has 0 fully saturated rings. The van der Waals surface area contributed by atoms with Crippen molar-refractivity contribution < 1.29 is 17.8 Å². The standard InChI is InChI=1S/C16H30NO3Si/c1-5-6-10-16-11-9-13-17(15-16)12-7-8-14-21(18-2,19-3)20-4/h9,11,13,15H,5-8,10,12,14H2,1-4H3/q+1. The van der Waals surface area contributed by atoms with Gasteiger partial charge in [0.25, 0.3) is 0 Å². The van der Waals surface area contributed by atoms with E-state index in [4.69, 9.17) is 13.3 Å². The number of aromatic nitrogens is 1. The quantitative estimate of drug-likeness (QED) is 0.358. The molecule has 0 saturated heterocycles. The third-order valence-electron chi connectivity index (χ3n) is 3.82. The average molecular weight is 313 g/mol. The normalized spacial score (nSPS) is 11.8. The maximum Gasteiger partial charge on any atom is 0.500 e. The minimum absolute atomic E-state index is 0.868. The van der Waals surface area contributed by atoms with Crippen molar-refractivity contribution in [3.63, 3.8) is 0 Å². The molecular weight excluding hydrogens is 282 g/mol. The Morgan fingerprint density at radius 1 is 1.05 bits per heavy atom. The molecule has 0 amide bonds. The second-order valence-electron chi connectivity index (χ2n) is 5.31. The molecule has 0 aliphatic carbocycles. The summed E-state index contributed by atoms with van der Waals surface area (Å²) in [5.74, 6) is 0. The van der Waals surface area contributed by atoms with Gasteiger partial charge >= 0.3 is 8.80 Å². The molecule has 0 bridgehead atoms. The van der Waals surface area contributed by atoms with Crippen LogP contribution in [0.1, 0.15) is 38.2 Å². The van der Waals surface area contributed by atoms with Crippen molar-refractivity contribution in [3.8, 4) is 0 Å². The van der Waals surface area contributed by atoms with E-state index in [0.29, 0.717) is 0 Å². The predicted molar refractivity (Wildman–Crippen MR) is 86.1 cm³/mol. The lowest BCUT2D eigenvalue weighted by atomic mass is 10.1. The Bertz CT molecular complexity index is 389. The summed E-state index contributed by atoms with van der Waals surface area (Å²) in [7, 11) is 2.62. The van der Waals surface area contributed by atoms with Crippen molar-refractivity contribution in [1.82, 2.24) is 0 Å². The fourth-order valence-corrected chi connectivity index (χ4v) is 4.23. The first-order chi connectivity index (χ1) is 10.2. The van der Waals surface area contributed by atoms with Crippen LogP contribution in [-0.2, 0) is 26.2 Å². The van der Waals surface area contributed by atoms with Gasteiger partial charge in [0, 0.05) is 45.4 Å². The van der Waals surface area contributed by atoms with Gasteiger partial charge in [0.2, 0.25) is 0 Å². The molecule has 0 atom stereocenters. The highest BCUT2D eigenvalue weighted by molar-refractivity contribution is 6.60. The topological polar surface area (TPSA) is 31.6 Å². The van der Waals surface area contributed by atoms with Crippen LogP contribution in [0.25, 0.3) is 0 Å². The lowest BCUT2D eigenvalue weighted by molar-refractivity contribution is -0.697. The Morgan fingerprint density at radius 3 is 2.38 bits per heavy atom. The molecule has 0 saturated carbocycles. The van der Waals surface area contributed by atoms with Crippen LogP contribution in [0.3, 0.4) is 0 Å². The zero-order chi connectivity index (χ0) is 15.6. The van der Waals surface area contributed by atoms with Gasteiger partial charge in [-0.1, -0.05) is 13.3 Å². The van der Waals surface area contributed by atoms with E-state index < -0.39 is 8.80 Å². The summed E-state index contributed by atoms with van der Waals surface area (Å²) in [6, 6.07) is 5.22. The van der Waals surface area contributed by atoms with Gasteiger partial charge in [0.15, 0.2) is 12.4 Å². The molecular formula is C16H30NO3Si+. The summed E-state index contributed by atoms with van der Waals surface area (Å²) in [6.07, 6.45) is 10.2. The molecule has 0 aromatic carbocycles. The maximum atomic E-state index is 5.44. The van der Waals surface area contributed by atoms with Crippen molar-refractivity contribution in [3.05, 3.63) is 30.1 Å². The summed E-state index contributed by atoms with van der Waals surface area (Å²) in [5.41, 5.74) is 1.42. The highest BCUT2D eigenvalue weighted by Gasteiger charge is 2.36. The Balaban J connectivity index is 2.38. The van der Waals surface area contributed by atoms with E-state index in [-0.39, 0.29) is 0 Å². The zero-order valence-corrected chi connectivity index (χ0v) is 14.9. The first-order valence-electron chi connectivity index (χ1n) is 7.83. The molecule has 1 aromatic rings. The highest BCUT2D eigenvalue weighted by Crippen LogP contribution is 2.16. The number of nitrogens with zero attached hydrogens (tertiary/aromatic N) is 1. The van der Waals surface area contributed by atoms with Crippen molar-refractivity contribution in [2.24, 2.45) is 0 Å². The number of aryl methyl sites for hydroxylation is 2. The smallest absolute Gasteiger partial charge is 0.377 e. The second-order valence-corrected chi connectivity index (χ2v) is 8.40. The van der Waals surface area contributed by atoms with Crippen LogP contribution in [0.4, 0.5) is 0 Å². The zero-order valence-electron chi connectivity index (χ0n) is 13.9. The van der Waals surface area contributed by atoms with Crippen molar-refractivity contribution >= 4 is 8.80 Å². The number of hydrogen-bond acceptors (Lipinski definition) is 3. The van der Waals surface area contributed by atoms with E-state index in [0.717, 1.165) is 25.4 Å². The molecule has 1 rings (SSSR count). The van der Waals surface area contributed by atoms with E-state index >= 15 is 0 Å². The first kappa shape index (κ1) is 18.3. The molecule has 0 aliphatic heterocycles. The molecule has 0 radical (unpaired) electrons. The van der Waals surface area contributed by atoms with Gasteiger partial charge in [0.05, 0.1) is 0 Å². The summed E-state index contributed by atoms with van der Waals surface area (Å²) >= 11 is 0. The van der Waals surface area contributed by atoms with Gasteiger partial charge in [-0.2, -0.15) is 0 Å². The highest BCUT2D eigenvalue weighted by atomic mass is 28.4. The van der Waals surface area contributed by atoms with Crippen LogP contribution in [0, 0.1) is 0 Å². The number of pyridine rings is 1. The summed E-state index contributed by atoms with van der Waals surface area (Å²) in [6.45, 7) is 3.26. The molecule has 21 heavy (non-hydrogen) atoms. The van der Waals surface area contributed by atoms with Gasteiger partial charge in [-0.05, 0) is 25.3 Å². The number of hydrogen-bond donors (Lipinski definition) is 0. The van der Waals surface area contributed by atoms with Gasteiger partial charge < -0.3 is 13.3 Å². The molecule has 0 aliphatic rings. The van der Waals surface area contributed by atoms with Crippen LogP contribution >= 0.6 is 0 Å².